The minimum Gasteiger partial charge on any atom is -0.478 e. The number of carbonyl (C=O) groups is 2. The van der Waals surface area contributed by atoms with Gasteiger partial charge in [-0.3, -0.25) is 10.00 Å². The zero-order valence-electron chi connectivity index (χ0n) is 11.9. The van der Waals surface area contributed by atoms with Gasteiger partial charge in [-0.1, -0.05) is 0 Å². The van der Waals surface area contributed by atoms with Crippen molar-refractivity contribution in [1.29, 1.82) is 0 Å². The summed E-state index contributed by atoms with van der Waals surface area (Å²) >= 11 is 1.25. The monoisotopic (exact) mass is 308 g/mol. The van der Waals surface area contributed by atoms with Gasteiger partial charge in [0.15, 0.2) is 0 Å². The molecule has 2 aromatic heterocycles. The molecule has 0 saturated heterocycles. The summed E-state index contributed by atoms with van der Waals surface area (Å²) in [5.41, 5.74) is 1.54. The molecule has 2 rings (SSSR count). The van der Waals surface area contributed by atoms with Crippen molar-refractivity contribution in [2.45, 2.75) is 20.4 Å². The number of thiophene rings is 1. The predicted octanol–water partition coefficient (Wildman–Crippen LogP) is 2.12. The molecular formula is C13H16N4O3S. The second kappa shape index (κ2) is 5.96. The molecule has 0 aromatic carbocycles. The Bertz CT molecular complexity index is 690. The van der Waals surface area contributed by atoms with E-state index in [4.69, 9.17) is 0 Å². The van der Waals surface area contributed by atoms with Crippen molar-refractivity contribution < 1.29 is 14.7 Å². The van der Waals surface area contributed by atoms with Crippen LogP contribution in [-0.2, 0) is 13.6 Å². The van der Waals surface area contributed by atoms with Crippen molar-refractivity contribution in [2.75, 3.05) is 5.32 Å². The van der Waals surface area contributed by atoms with E-state index in [9.17, 15) is 14.7 Å². The lowest BCUT2D eigenvalue weighted by molar-refractivity contribution is 0.0697. The molecule has 0 unspecified atom stereocenters. The third kappa shape index (κ3) is 3.40. The van der Waals surface area contributed by atoms with Crippen molar-refractivity contribution in [1.82, 2.24) is 15.1 Å². The number of carboxylic acid groups (broad SMARTS) is 1. The van der Waals surface area contributed by atoms with Crippen LogP contribution >= 0.6 is 11.3 Å². The van der Waals surface area contributed by atoms with Crippen LogP contribution in [0.1, 0.15) is 26.5 Å². The fourth-order valence-corrected chi connectivity index (χ4v) is 2.90. The molecule has 0 spiro atoms. The average Bonchev–Trinajstić information content (AvgIpc) is 2.92. The van der Waals surface area contributed by atoms with Gasteiger partial charge in [0, 0.05) is 18.1 Å². The van der Waals surface area contributed by atoms with Crippen molar-refractivity contribution in [3.05, 3.63) is 34.0 Å². The minimum atomic E-state index is -1.04. The molecule has 7 nitrogen and oxygen atoms in total. The van der Waals surface area contributed by atoms with Crippen LogP contribution in [0, 0.1) is 13.8 Å². The molecule has 2 aromatic rings. The Balaban J connectivity index is 2.03. The van der Waals surface area contributed by atoms with Gasteiger partial charge in [0.05, 0.1) is 17.8 Å². The number of aromatic nitrogens is 2. The summed E-state index contributed by atoms with van der Waals surface area (Å²) in [5, 5.41) is 18.9. The molecule has 112 valence electrons. The quantitative estimate of drug-likeness (QED) is 0.806. The van der Waals surface area contributed by atoms with Gasteiger partial charge < -0.3 is 10.4 Å². The van der Waals surface area contributed by atoms with Crippen LogP contribution in [0.4, 0.5) is 9.80 Å². The molecule has 0 aliphatic carbocycles. The Morgan fingerprint density at radius 3 is 2.71 bits per heavy atom. The zero-order valence-corrected chi connectivity index (χ0v) is 12.7. The SMILES string of the molecule is Cc1sc(NC(=O)NCc2ccn(C)n2)c(C(=O)O)c1C. The van der Waals surface area contributed by atoms with Crippen LogP contribution in [0.5, 0.6) is 0 Å². The molecular weight excluding hydrogens is 292 g/mol. The summed E-state index contributed by atoms with van der Waals surface area (Å²) in [5.74, 6) is -1.04. The number of carboxylic acids is 1. The standard InChI is InChI=1S/C13H16N4O3S/c1-7-8(2)21-11(10(7)12(18)19)15-13(20)14-6-9-4-5-17(3)16-9/h4-5H,6H2,1-3H3,(H,18,19)(H2,14,15,20). The summed E-state index contributed by atoms with van der Waals surface area (Å²) in [6, 6.07) is 1.34. The molecule has 0 saturated carbocycles. The van der Waals surface area contributed by atoms with Crippen LogP contribution in [-0.4, -0.2) is 26.9 Å². The van der Waals surface area contributed by atoms with E-state index in [-0.39, 0.29) is 12.1 Å². The van der Waals surface area contributed by atoms with Crippen molar-refractivity contribution in [3.8, 4) is 0 Å². The maximum atomic E-state index is 11.8. The molecule has 8 heteroatoms. The molecule has 2 heterocycles. The highest BCUT2D eigenvalue weighted by Crippen LogP contribution is 2.32. The number of aryl methyl sites for hydroxylation is 2. The normalized spacial score (nSPS) is 10.4. The molecule has 0 radical (unpaired) electrons. The highest BCUT2D eigenvalue weighted by atomic mass is 32.1. The minimum absolute atomic E-state index is 0.144. The van der Waals surface area contributed by atoms with Crippen LogP contribution in [0.3, 0.4) is 0 Å². The molecule has 0 fully saturated rings. The number of urea groups is 1. The maximum Gasteiger partial charge on any atom is 0.338 e. The summed E-state index contributed by atoms with van der Waals surface area (Å²) in [6.07, 6.45) is 1.78. The van der Waals surface area contributed by atoms with E-state index in [1.165, 1.54) is 11.3 Å². The maximum absolute atomic E-state index is 11.8. The first-order chi connectivity index (χ1) is 9.88. The second-order valence-corrected chi connectivity index (χ2v) is 5.81. The van der Waals surface area contributed by atoms with Gasteiger partial charge in [0.25, 0.3) is 0 Å². The molecule has 0 atom stereocenters. The summed E-state index contributed by atoms with van der Waals surface area (Å²) < 4.78 is 1.64. The Labute approximate surface area is 125 Å². The van der Waals surface area contributed by atoms with Gasteiger partial charge in [-0.25, -0.2) is 9.59 Å². The van der Waals surface area contributed by atoms with E-state index in [0.717, 1.165) is 10.6 Å². The highest BCUT2D eigenvalue weighted by molar-refractivity contribution is 7.16. The lowest BCUT2D eigenvalue weighted by Gasteiger charge is -2.06. The van der Waals surface area contributed by atoms with Gasteiger partial charge in [-0.2, -0.15) is 5.10 Å². The number of aromatic carboxylic acids is 1. The average molecular weight is 308 g/mol. The second-order valence-electron chi connectivity index (χ2n) is 4.58. The van der Waals surface area contributed by atoms with E-state index in [1.807, 2.05) is 6.92 Å². The van der Waals surface area contributed by atoms with Gasteiger partial charge in [0.1, 0.15) is 5.00 Å². The first-order valence-corrected chi connectivity index (χ1v) is 7.06. The molecule has 0 bridgehead atoms. The molecule has 0 aliphatic rings. The molecule has 0 aliphatic heterocycles. The van der Waals surface area contributed by atoms with Gasteiger partial charge in [0.2, 0.25) is 0 Å². The number of rotatable bonds is 4. The van der Waals surface area contributed by atoms with E-state index < -0.39 is 12.0 Å². The fourth-order valence-electron chi connectivity index (χ4n) is 1.85. The van der Waals surface area contributed by atoms with E-state index >= 15 is 0 Å². The summed E-state index contributed by atoms with van der Waals surface area (Å²) in [6.45, 7) is 3.83. The largest absolute Gasteiger partial charge is 0.478 e. The van der Waals surface area contributed by atoms with Crippen molar-refractivity contribution in [2.24, 2.45) is 7.05 Å². The number of hydrogen-bond acceptors (Lipinski definition) is 4. The van der Waals surface area contributed by atoms with Crippen molar-refractivity contribution in [3.63, 3.8) is 0 Å². The number of nitrogens with zero attached hydrogens (tertiary/aromatic N) is 2. The van der Waals surface area contributed by atoms with E-state index in [0.29, 0.717) is 10.6 Å². The number of carbonyl (C=O) groups excluding carboxylic acids is 1. The zero-order chi connectivity index (χ0) is 15.6. The first-order valence-electron chi connectivity index (χ1n) is 6.25. The third-order valence-electron chi connectivity index (χ3n) is 3.03. The van der Waals surface area contributed by atoms with Crippen LogP contribution in [0.2, 0.25) is 0 Å². The number of anilines is 1. The summed E-state index contributed by atoms with van der Waals surface area (Å²) in [7, 11) is 1.79. The lowest BCUT2D eigenvalue weighted by Crippen LogP contribution is -2.28. The third-order valence-corrected chi connectivity index (χ3v) is 4.15. The smallest absolute Gasteiger partial charge is 0.338 e. The van der Waals surface area contributed by atoms with Gasteiger partial charge >= 0.3 is 12.0 Å². The lowest BCUT2D eigenvalue weighted by atomic mass is 10.1. The Morgan fingerprint density at radius 2 is 2.14 bits per heavy atom. The topological polar surface area (TPSA) is 96.3 Å². The fraction of sp³-hybridized carbons (Fsp3) is 0.308. The molecule has 2 amide bonds. The first kappa shape index (κ1) is 15.0. The van der Waals surface area contributed by atoms with Crippen LogP contribution in [0.25, 0.3) is 0 Å². The number of nitrogens with one attached hydrogen (secondary N) is 2. The van der Waals surface area contributed by atoms with E-state index in [2.05, 4.69) is 15.7 Å². The van der Waals surface area contributed by atoms with Crippen LogP contribution in [0.15, 0.2) is 12.3 Å². The van der Waals surface area contributed by atoms with Crippen LogP contribution < -0.4 is 10.6 Å². The number of hydrogen-bond donors (Lipinski definition) is 3. The van der Waals surface area contributed by atoms with E-state index in [1.54, 1.807) is 30.9 Å². The molecule has 21 heavy (non-hydrogen) atoms. The molecule has 3 N–H and O–H groups in total. The Morgan fingerprint density at radius 1 is 1.43 bits per heavy atom. The van der Waals surface area contributed by atoms with Crippen molar-refractivity contribution >= 4 is 28.3 Å². The Kier molecular flexibility index (Phi) is 4.27. The highest BCUT2D eigenvalue weighted by Gasteiger charge is 2.20. The predicted molar refractivity (Wildman–Crippen MR) is 79.8 cm³/mol. The van der Waals surface area contributed by atoms with Gasteiger partial charge in [-0.05, 0) is 25.5 Å². The number of amides is 2. The van der Waals surface area contributed by atoms with Gasteiger partial charge in [-0.15, -0.1) is 11.3 Å². The summed E-state index contributed by atoms with van der Waals surface area (Å²) in [4.78, 5) is 24.0. The Hall–Kier alpha value is -2.35.